The van der Waals surface area contributed by atoms with Gasteiger partial charge in [-0.1, -0.05) is 63.6 Å². The van der Waals surface area contributed by atoms with Gasteiger partial charge >= 0.3 is 0 Å². The lowest BCUT2D eigenvalue weighted by molar-refractivity contribution is 0.104. The summed E-state index contributed by atoms with van der Waals surface area (Å²) in [6, 6.07) is 15.8. The topological polar surface area (TPSA) is 60.9 Å². The van der Waals surface area contributed by atoms with Crippen LogP contribution in [0.25, 0.3) is 0 Å². The predicted molar refractivity (Wildman–Crippen MR) is 124 cm³/mol. The van der Waals surface area contributed by atoms with Crippen molar-refractivity contribution in [3.05, 3.63) is 60.2 Å². The minimum Gasteiger partial charge on any atom is -0.390 e. The number of hydrogen-bond donors (Lipinski definition) is 1. The van der Waals surface area contributed by atoms with Crippen LogP contribution >= 0.6 is 0 Å². The summed E-state index contributed by atoms with van der Waals surface area (Å²) in [7, 11) is -3.79. The van der Waals surface area contributed by atoms with Crippen molar-refractivity contribution in [1.82, 2.24) is 4.90 Å². The zero-order valence-electron chi connectivity index (χ0n) is 18.8. The minimum atomic E-state index is -3.79. The first-order chi connectivity index (χ1) is 14.1. The monoisotopic (exact) mass is 432 g/mol. The summed E-state index contributed by atoms with van der Waals surface area (Å²) in [4.78, 5) is 2.45. The lowest BCUT2D eigenvalue weighted by Crippen LogP contribution is -2.44. The van der Waals surface area contributed by atoms with Crippen LogP contribution in [0.3, 0.4) is 0 Å². The van der Waals surface area contributed by atoms with Gasteiger partial charge in [0, 0.05) is 19.6 Å². The van der Waals surface area contributed by atoms with Crippen molar-refractivity contribution in [1.29, 1.82) is 0 Å². The molecule has 1 atom stereocenters. The quantitative estimate of drug-likeness (QED) is 0.579. The summed E-state index contributed by atoms with van der Waals surface area (Å²) >= 11 is 0. The molecular formula is C24H36N2O3S. The number of aryl methyl sites for hydroxylation is 1. The maximum Gasteiger partial charge on any atom is 0.264 e. The molecule has 0 aromatic heterocycles. The fourth-order valence-corrected chi connectivity index (χ4v) is 5.08. The van der Waals surface area contributed by atoms with E-state index in [4.69, 9.17) is 0 Å². The highest BCUT2D eigenvalue weighted by molar-refractivity contribution is 7.92. The summed E-state index contributed by atoms with van der Waals surface area (Å²) < 4.78 is 28.2. The third kappa shape index (κ3) is 7.11. The standard InChI is InChI=1S/C24H36N2O3S/c1-19(2)15-25(16-20(3)4)17-23(27)18-26(22-9-7-6-8-10-22)30(28,29)24-13-11-21(5)12-14-24/h6-14,19-20,23,27H,15-18H2,1-5H3. The highest BCUT2D eigenvalue weighted by Gasteiger charge is 2.28. The third-order valence-electron chi connectivity index (χ3n) is 4.75. The third-order valence-corrected chi connectivity index (χ3v) is 6.55. The molecule has 0 radical (unpaired) electrons. The van der Waals surface area contributed by atoms with Crippen molar-refractivity contribution in [2.75, 3.05) is 30.5 Å². The highest BCUT2D eigenvalue weighted by atomic mass is 32.2. The highest BCUT2D eigenvalue weighted by Crippen LogP contribution is 2.24. The van der Waals surface area contributed by atoms with E-state index in [2.05, 4.69) is 32.6 Å². The van der Waals surface area contributed by atoms with Gasteiger partial charge in [0.2, 0.25) is 0 Å². The molecule has 166 valence electrons. The van der Waals surface area contributed by atoms with Gasteiger partial charge in [0.15, 0.2) is 0 Å². The molecule has 0 spiro atoms. The van der Waals surface area contributed by atoms with Gasteiger partial charge in [-0.2, -0.15) is 0 Å². The maximum absolute atomic E-state index is 13.4. The van der Waals surface area contributed by atoms with Crippen molar-refractivity contribution < 1.29 is 13.5 Å². The van der Waals surface area contributed by atoms with Gasteiger partial charge in [-0.3, -0.25) is 4.31 Å². The maximum atomic E-state index is 13.4. The molecule has 0 bridgehead atoms. The average Bonchev–Trinajstić information content (AvgIpc) is 2.66. The molecule has 2 aromatic rings. The second kappa shape index (κ2) is 10.9. The van der Waals surface area contributed by atoms with E-state index in [0.717, 1.165) is 18.7 Å². The van der Waals surface area contributed by atoms with Crippen LogP contribution in [0.1, 0.15) is 33.3 Å². The van der Waals surface area contributed by atoms with Crippen LogP contribution in [-0.2, 0) is 10.0 Å². The van der Waals surface area contributed by atoms with Crippen LogP contribution in [0.4, 0.5) is 5.69 Å². The number of sulfonamides is 1. The number of benzene rings is 2. The summed E-state index contributed by atoms with van der Waals surface area (Å²) in [5.74, 6) is 0.940. The van der Waals surface area contributed by atoms with E-state index >= 15 is 0 Å². The average molecular weight is 433 g/mol. The molecule has 0 saturated carbocycles. The van der Waals surface area contributed by atoms with E-state index in [9.17, 15) is 13.5 Å². The molecule has 0 aliphatic rings. The number of rotatable bonds is 11. The van der Waals surface area contributed by atoms with Crippen molar-refractivity contribution in [2.45, 2.75) is 45.6 Å². The van der Waals surface area contributed by atoms with E-state index in [1.807, 2.05) is 25.1 Å². The minimum absolute atomic E-state index is 0.00686. The Morgan fingerprint density at radius 2 is 1.33 bits per heavy atom. The smallest absolute Gasteiger partial charge is 0.264 e. The number of hydrogen-bond acceptors (Lipinski definition) is 4. The second-order valence-electron chi connectivity index (χ2n) is 8.84. The Labute approximate surface area is 182 Å². The fourth-order valence-electron chi connectivity index (χ4n) is 3.58. The molecule has 5 nitrogen and oxygen atoms in total. The molecule has 0 saturated heterocycles. The van der Waals surface area contributed by atoms with Crippen LogP contribution in [0.15, 0.2) is 59.5 Å². The van der Waals surface area contributed by atoms with Crippen LogP contribution in [0.2, 0.25) is 0 Å². The van der Waals surface area contributed by atoms with Gasteiger partial charge in [-0.15, -0.1) is 0 Å². The molecule has 1 unspecified atom stereocenters. The lowest BCUT2D eigenvalue weighted by Gasteiger charge is -2.31. The molecule has 6 heteroatoms. The van der Waals surface area contributed by atoms with Gasteiger partial charge in [-0.25, -0.2) is 8.42 Å². The largest absolute Gasteiger partial charge is 0.390 e. The van der Waals surface area contributed by atoms with Crippen molar-refractivity contribution in [3.63, 3.8) is 0 Å². The Hall–Kier alpha value is -1.89. The Morgan fingerprint density at radius 1 is 0.800 bits per heavy atom. The number of aliphatic hydroxyl groups excluding tert-OH is 1. The SMILES string of the molecule is Cc1ccc(S(=O)(=O)N(CC(O)CN(CC(C)C)CC(C)C)c2ccccc2)cc1. The normalized spacial score (nSPS) is 13.2. The summed E-state index contributed by atoms with van der Waals surface area (Å²) in [5, 5.41) is 10.9. The molecule has 0 heterocycles. The molecule has 2 rings (SSSR count). The predicted octanol–water partition coefficient (Wildman–Crippen LogP) is 4.17. The van der Waals surface area contributed by atoms with Crippen LogP contribution in [0.5, 0.6) is 0 Å². The Morgan fingerprint density at radius 3 is 1.83 bits per heavy atom. The number of nitrogens with zero attached hydrogens (tertiary/aromatic N) is 2. The molecule has 0 fully saturated rings. The van der Waals surface area contributed by atoms with Crippen molar-refractivity contribution >= 4 is 15.7 Å². The summed E-state index contributed by atoms with van der Waals surface area (Å²) in [6.45, 7) is 12.7. The Bertz CT molecular complexity index is 855. The Balaban J connectivity index is 2.28. The van der Waals surface area contributed by atoms with Gasteiger partial charge in [0.25, 0.3) is 10.0 Å². The van der Waals surface area contributed by atoms with Crippen LogP contribution < -0.4 is 4.31 Å². The van der Waals surface area contributed by atoms with Gasteiger partial charge in [0.05, 0.1) is 23.2 Å². The number of para-hydroxylation sites is 1. The summed E-state index contributed by atoms with van der Waals surface area (Å²) in [6.07, 6.45) is -0.803. The Kier molecular flexibility index (Phi) is 8.89. The van der Waals surface area contributed by atoms with E-state index in [1.54, 1.807) is 36.4 Å². The molecular weight excluding hydrogens is 396 g/mol. The van der Waals surface area contributed by atoms with Gasteiger partial charge < -0.3 is 10.0 Å². The zero-order valence-corrected chi connectivity index (χ0v) is 19.6. The van der Waals surface area contributed by atoms with E-state index in [0.29, 0.717) is 24.1 Å². The molecule has 30 heavy (non-hydrogen) atoms. The summed E-state index contributed by atoms with van der Waals surface area (Å²) in [5.41, 5.74) is 1.55. The molecule has 1 N–H and O–H groups in total. The first kappa shape index (κ1) is 24.4. The number of anilines is 1. The lowest BCUT2D eigenvalue weighted by atomic mass is 10.1. The van der Waals surface area contributed by atoms with Gasteiger partial charge in [-0.05, 0) is 43.0 Å². The van der Waals surface area contributed by atoms with Crippen LogP contribution in [-0.4, -0.2) is 50.7 Å². The molecule has 2 aromatic carbocycles. The van der Waals surface area contributed by atoms with E-state index < -0.39 is 16.1 Å². The van der Waals surface area contributed by atoms with Crippen molar-refractivity contribution in [3.8, 4) is 0 Å². The molecule has 0 amide bonds. The first-order valence-electron chi connectivity index (χ1n) is 10.6. The second-order valence-corrected chi connectivity index (χ2v) is 10.7. The van der Waals surface area contributed by atoms with Crippen molar-refractivity contribution in [2.24, 2.45) is 11.8 Å². The molecule has 0 aliphatic carbocycles. The van der Waals surface area contributed by atoms with E-state index in [1.165, 1.54) is 4.31 Å². The van der Waals surface area contributed by atoms with E-state index in [-0.39, 0.29) is 11.4 Å². The zero-order chi connectivity index (χ0) is 22.3. The first-order valence-corrected chi connectivity index (χ1v) is 12.1. The number of aliphatic hydroxyl groups is 1. The van der Waals surface area contributed by atoms with Crippen LogP contribution in [0, 0.1) is 18.8 Å². The fraction of sp³-hybridized carbons (Fsp3) is 0.500. The molecule has 0 aliphatic heterocycles. The van der Waals surface area contributed by atoms with Gasteiger partial charge in [0.1, 0.15) is 0 Å².